The fourth-order valence-corrected chi connectivity index (χ4v) is 6.94. The highest BCUT2D eigenvalue weighted by molar-refractivity contribution is 6.32. The molecule has 1 aromatic heterocycles. The lowest BCUT2D eigenvalue weighted by Crippen LogP contribution is -2.10. The van der Waals surface area contributed by atoms with E-state index < -0.39 is 0 Å². The summed E-state index contributed by atoms with van der Waals surface area (Å²) in [5, 5.41) is 7.07. The van der Waals surface area contributed by atoms with Crippen molar-refractivity contribution in [1.82, 2.24) is 0 Å². The first-order valence-corrected chi connectivity index (χ1v) is 15.7. The fraction of sp³-hybridized carbons (Fsp3) is 0. The normalized spacial score (nSPS) is 11.5. The van der Waals surface area contributed by atoms with Gasteiger partial charge in [0.05, 0.1) is 5.69 Å². The second-order valence-electron chi connectivity index (χ2n) is 11.7. The van der Waals surface area contributed by atoms with Crippen LogP contribution in [0.2, 0.25) is 0 Å². The first kappa shape index (κ1) is 26.3. The molecule has 9 aromatic rings. The number of benzene rings is 8. The minimum Gasteiger partial charge on any atom is -0.455 e. The van der Waals surface area contributed by atoms with Crippen molar-refractivity contribution in [2.75, 3.05) is 4.90 Å². The molecule has 0 fully saturated rings. The van der Waals surface area contributed by atoms with Crippen LogP contribution in [-0.4, -0.2) is 0 Å². The third-order valence-corrected chi connectivity index (χ3v) is 9.02. The van der Waals surface area contributed by atoms with Gasteiger partial charge in [0.25, 0.3) is 0 Å². The Morgan fingerprint density at radius 3 is 1.52 bits per heavy atom. The molecule has 0 unspecified atom stereocenters. The van der Waals surface area contributed by atoms with Crippen molar-refractivity contribution in [2.45, 2.75) is 0 Å². The number of rotatable bonds is 5. The third-order valence-electron chi connectivity index (χ3n) is 9.02. The van der Waals surface area contributed by atoms with Crippen LogP contribution in [-0.2, 0) is 0 Å². The van der Waals surface area contributed by atoms with Gasteiger partial charge in [0.2, 0.25) is 0 Å². The third kappa shape index (κ3) is 4.27. The monoisotopic (exact) mass is 587 g/mol. The minimum atomic E-state index is 0.870. The molecule has 0 N–H and O–H groups in total. The van der Waals surface area contributed by atoms with Gasteiger partial charge in [-0.2, -0.15) is 0 Å². The second-order valence-corrected chi connectivity index (χ2v) is 11.7. The molecule has 216 valence electrons. The summed E-state index contributed by atoms with van der Waals surface area (Å²) in [6.07, 6.45) is 0. The molecule has 8 aromatic carbocycles. The zero-order valence-electron chi connectivity index (χ0n) is 25.1. The van der Waals surface area contributed by atoms with Gasteiger partial charge >= 0.3 is 0 Å². The Balaban J connectivity index is 1.35. The standard InChI is InChI=1S/C44H29NO/c1-4-14-30(15-5-1)31-24-26-34(27-25-31)45(33-18-8-3-9-19-33)35-28-40(32-16-6-2-7-17-32)42-41(29-35)46-44-39-23-13-11-21-37(39)36-20-10-12-22-38(36)43(42)44/h1-29H. The second kappa shape index (κ2) is 10.8. The average Bonchev–Trinajstić information content (AvgIpc) is 3.53. The summed E-state index contributed by atoms with van der Waals surface area (Å²) in [6.45, 7) is 0. The first-order chi connectivity index (χ1) is 22.8. The Hall–Kier alpha value is -6.12. The summed E-state index contributed by atoms with van der Waals surface area (Å²) in [5.74, 6) is 0. The molecular weight excluding hydrogens is 558 g/mol. The summed E-state index contributed by atoms with van der Waals surface area (Å²) in [5.41, 5.74) is 9.69. The predicted molar refractivity (Wildman–Crippen MR) is 194 cm³/mol. The van der Waals surface area contributed by atoms with Crippen molar-refractivity contribution in [3.05, 3.63) is 176 Å². The largest absolute Gasteiger partial charge is 0.455 e. The Labute approximate surface area is 267 Å². The molecule has 0 aliphatic heterocycles. The molecule has 0 spiro atoms. The lowest BCUT2D eigenvalue weighted by molar-refractivity contribution is 0.673. The quantitative estimate of drug-likeness (QED) is 0.186. The topological polar surface area (TPSA) is 16.4 Å². The first-order valence-electron chi connectivity index (χ1n) is 15.7. The molecule has 9 rings (SSSR count). The van der Waals surface area contributed by atoms with Gasteiger partial charge in [-0.3, -0.25) is 0 Å². The molecule has 2 nitrogen and oxygen atoms in total. The van der Waals surface area contributed by atoms with Crippen LogP contribution >= 0.6 is 0 Å². The summed E-state index contributed by atoms with van der Waals surface area (Å²) in [6, 6.07) is 62.5. The van der Waals surface area contributed by atoms with Gasteiger partial charge in [-0.25, -0.2) is 0 Å². The Kier molecular flexibility index (Phi) is 6.17. The SMILES string of the molecule is c1ccc(-c2ccc(N(c3ccccc3)c3cc(-c4ccccc4)c4c(c3)oc3c5ccccc5c5ccccc5c34)cc2)cc1. The van der Waals surface area contributed by atoms with Crippen LogP contribution in [0.1, 0.15) is 0 Å². The molecule has 1 heterocycles. The van der Waals surface area contributed by atoms with Crippen molar-refractivity contribution >= 4 is 60.5 Å². The van der Waals surface area contributed by atoms with Crippen molar-refractivity contribution in [3.63, 3.8) is 0 Å². The number of hydrogen-bond donors (Lipinski definition) is 0. The highest BCUT2D eigenvalue weighted by Crippen LogP contribution is 2.47. The number of furan rings is 1. The highest BCUT2D eigenvalue weighted by atomic mass is 16.3. The average molecular weight is 588 g/mol. The van der Waals surface area contributed by atoms with Crippen molar-refractivity contribution in [1.29, 1.82) is 0 Å². The summed E-state index contributed by atoms with van der Waals surface area (Å²) >= 11 is 0. The van der Waals surface area contributed by atoms with Crippen LogP contribution in [0.15, 0.2) is 180 Å². The van der Waals surface area contributed by atoms with E-state index in [9.17, 15) is 0 Å². The van der Waals surface area contributed by atoms with Crippen LogP contribution in [0, 0.1) is 0 Å². The van der Waals surface area contributed by atoms with Crippen LogP contribution in [0.3, 0.4) is 0 Å². The van der Waals surface area contributed by atoms with E-state index in [2.05, 4.69) is 181 Å². The summed E-state index contributed by atoms with van der Waals surface area (Å²) in [4.78, 5) is 2.32. The number of para-hydroxylation sites is 1. The number of anilines is 3. The van der Waals surface area contributed by atoms with Crippen LogP contribution in [0.5, 0.6) is 0 Å². The van der Waals surface area contributed by atoms with E-state index in [1.54, 1.807) is 0 Å². The van der Waals surface area contributed by atoms with Gasteiger partial charge in [0, 0.05) is 33.6 Å². The molecule has 0 amide bonds. The van der Waals surface area contributed by atoms with Crippen LogP contribution in [0.4, 0.5) is 17.1 Å². The number of fused-ring (bicyclic) bond motifs is 8. The molecule has 0 aliphatic rings. The maximum atomic E-state index is 6.95. The fourth-order valence-electron chi connectivity index (χ4n) is 6.94. The maximum absolute atomic E-state index is 6.95. The highest BCUT2D eigenvalue weighted by Gasteiger charge is 2.22. The van der Waals surface area contributed by atoms with Gasteiger partial charge in [-0.1, -0.05) is 140 Å². The van der Waals surface area contributed by atoms with Gasteiger partial charge in [0.1, 0.15) is 11.2 Å². The van der Waals surface area contributed by atoms with Crippen LogP contribution in [0.25, 0.3) is 65.7 Å². The maximum Gasteiger partial charge on any atom is 0.143 e. The Morgan fingerprint density at radius 1 is 0.348 bits per heavy atom. The Bertz CT molecular complexity index is 2500. The zero-order valence-corrected chi connectivity index (χ0v) is 25.1. The smallest absolute Gasteiger partial charge is 0.143 e. The van der Waals surface area contributed by atoms with Gasteiger partial charge < -0.3 is 9.32 Å². The molecule has 0 bridgehead atoms. The lowest BCUT2D eigenvalue weighted by atomic mass is 9.93. The molecule has 0 atom stereocenters. The number of nitrogens with zero attached hydrogens (tertiary/aromatic N) is 1. The summed E-state index contributed by atoms with van der Waals surface area (Å²) in [7, 11) is 0. The van der Waals surface area contributed by atoms with E-state index in [1.807, 2.05) is 0 Å². The molecule has 0 radical (unpaired) electrons. The predicted octanol–water partition coefficient (Wildman–Crippen LogP) is 12.7. The van der Waals surface area contributed by atoms with E-state index in [0.29, 0.717) is 0 Å². The molecule has 0 saturated heterocycles. The van der Waals surface area contributed by atoms with Crippen molar-refractivity contribution in [3.8, 4) is 22.3 Å². The molecule has 0 saturated carbocycles. The molecular formula is C44H29NO. The zero-order chi connectivity index (χ0) is 30.5. The van der Waals surface area contributed by atoms with Crippen LogP contribution < -0.4 is 4.90 Å². The van der Waals surface area contributed by atoms with Crippen molar-refractivity contribution in [2.24, 2.45) is 0 Å². The Morgan fingerprint density at radius 2 is 0.848 bits per heavy atom. The van der Waals surface area contributed by atoms with E-state index in [-0.39, 0.29) is 0 Å². The number of hydrogen-bond acceptors (Lipinski definition) is 2. The molecule has 2 heteroatoms. The van der Waals surface area contributed by atoms with E-state index in [0.717, 1.165) is 55.5 Å². The summed E-state index contributed by atoms with van der Waals surface area (Å²) < 4.78 is 6.95. The van der Waals surface area contributed by atoms with E-state index in [1.165, 1.54) is 27.3 Å². The van der Waals surface area contributed by atoms with E-state index >= 15 is 0 Å². The van der Waals surface area contributed by atoms with Gasteiger partial charge in [0.15, 0.2) is 0 Å². The lowest BCUT2D eigenvalue weighted by Gasteiger charge is -2.26. The van der Waals surface area contributed by atoms with Gasteiger partial charge in [-0.05, 0) is 68.7 Å². The molecule has 46 heavy (non-hydrogen) atoms. The van der Waals surface area contributed by atoms with Crippen molar-refractivity contribution < 1.29 is 4.42 Å². The minimum absolute atomic E-state index is 0.870. The van der Waals surface area contributed by atoms with Gasteiger partial charge in [-0.15, -0.1) is 0 Å². The van der Waals surface area contributed by atoms with E-state index in [4.69, 9.17) is 4.42 Å². The molecule has 0 aliphatic carbocycles.